The van der Waals surface area contributed by atoms with Crippen molar-refractivity contribution in [3.63, 3.8) is 0 Å². The topological polar surface area (TPSA) is 53.9 Å². The van der Waals surface area contributed by atoms with E-state index >= 15 is 0 Å². The number of fused-ring (bicyclic) bond motifs is 1. The Balaban J connectivity index is 1.64. The zero-order valence-electron chi connectivity index (χ0n) is 12.5. The maximum atomic E-state index is 12.1. The van der Waals surface area contributed by atoms with Gasteiger partial charge in [0.15, 0.2) is 0 Å². The quantitative estimate of drug-likeness (QED) is 0.808. The highest BCUT2D eigenvalue weighted by Crippen LogP contribution is 2.32. The molecular weight excluding hydrogens is 296 g/mol. The summed E-state index contributed by atoms with van der Waals surface area (Å²) < 4.78 is 2.89. The van der Waals surface area contributed by atoms with Crippen molar-refractivity contribution in [2.24, 2.45) is 7.05 Å². The summed E-state index contributed by atoms with van der Waals surface area (Å²) in [6.45, 7) is 1.73. The molecule has 0 amide bonds. The summed E-state index contributed by atoms with van der Waals surface area (Å²) >= 11 is 1.44. The number of rotatable bonds is 3. The van der Waals surface area contributed by atoms with Crippen molar-refractivity contribution in [1.82, 2.24) is 19.4 Å². The number of likely N-dealkylation sites (tertiary alicyclic amines) is 1. The molecule has 0 unspecified atom stereocenters. The van der Waals surface area contributed by atoms with Crippen molar-refractivity contribution < 1.29 is 0 Å². The molecule has 0 aliphatic carbocycles. The summed E-state index contributed by atoms with van der Waals surface area (Å²) in [7, 11) is 2.09. The molecule has 5 nitrogen and oxygen atoms in total. The fraction of sp³-hybridized carbons (Fsp3) is 0.375. The van der Waals surface area contributed by atoms with E-state index in [2.05, 4.69) is 44.8 Å². The van der Waals surface area contributed by atoms with E-state index < -0.39 is 0 Å². The Hall–Kier alpha value is -1.92. The molecule has 0 spiro atoms. The molecule has 4 heterocycles. The third-order valence-electron chi connectivity index (χ3n) is 4.41. The van der Waals surface area contributed by atoms with Gasteiger partial charge in [0.05, 0.1) is 18.1 Å². The van der Waals surface area contributed by atoms with Crippen LogP contribution in [-0.4, -0.2) is 26.0 Å². The van der Waals surface area contributed by atoms with Crippen LogP contribution in [0.4, 0.5) is 0 Å². The Bertz CT molecular complexity index is 862. The Labute approximate surface area is 132 Å². The van der Waals surface area contributed by atoms with Gasteiger partial charge in [-0.25, -0.2) is 4.98 Å². The van der Waals surface area contributed by atoms with Crippen LogP contribution in [0.1, 0.15) is 30.4 Å². The van der Waals surface area contributed by atoms with Gasteiger partial charge in [0.1, 0.15) is 10.5 Å². The summed E-state index contributed by atoms with van der Waals surface area (Å²) in [4.78, 5) is 22.0. The highest BCUT2D eigenvalue weighted by atomic mass is 32.1. The minimum Gasteiger partial charge on any atom is -0.353 e. The van der Waals surface area contributed by atoms with E-state index in [0.717, 1.165) is 24.3 Å². The number of nitrogens with one attached hydrogen (secondary N) is 1. The highest BCUT2D eigenvalue weighted by molar-refractivity contribution is 7.17. The normalized spacial score (nSPS) is 19.2. The number of thiophene rings is 1. The van der Waals surface area contributed by atoms with Crippen molar-refractivity contribution in [3.8, 4) is 0 Å². The van der Waals surface area contributed by atoms with E-state index in [9.17, 15) is 4.79 Å². The average Bonchev–Trinajstić information content (AvgIpc) is 3.19. The molecule has 114 valence electrons. The molecule has 1 saturated heterocycles. The largest absolute Gasteiger partial charge is 0.353 e. The summed E-state index contributed by atoms with van der Waals surface area (Å²) in [6, 6.07) is 6.59. The van der Waals surface area contributed by atoms with Crippen molar-refractivity contribution in [2.75, 3.05) is 6.54 Å². The Kier molecular flexibility index (Phi) is 3.35. The third kappa shape index (κ3) is 2.28. The summed E-state index contributed by atoms with van der Waals surface area (Å²) in [5, 5.41) is 1.92. The van der Waals surface area contributed by atoms with Crippen LogP contribution >= 0.6 is 11.3 Å². The van der Waals surface area contributed by atoms with E-state index in [1.807, 2.05) is 11.4 Å². The van der Waals surface area contributed by atoms with Crippen LogP contribution in [0.15, 0.2) is 34.6 Å². The third-order valence-corrected chi connectivity index (χ3v) is 5.31. The fourth-order valence-corrected chi connectivity index (χ4v) is 4.09. The number of H-pyrrole nitrogens is 1. The van der Waals surface area contributed by atoms with Crippen LogP contribution in [0.3, 0.4) is 0 Å². The first-order valence-electron chi connectivity index (χ1n) is 7.54. The van der Waals surface area contributed by atoms with Gasteiger partial charge in [-0.3, -0.25) is 9.69 Å². The van der Waals surface area contributed by atoms with E-state index in [1.165, 1.54) is 23.5 Å². The predicted molar refractivity (Wildman–Crippen MR) is 88.0 cm³/mol. The fourth-order valence-electron chi connectivity index (χ4n) is 3.36. The van der Waals surface area contributed by atoms with Gasteiger partial charge in [-0.15, -0.1) is 11.3 Å². The van der Waals surface area contributed by atoms with Gasteiger partial charge >= 0.3 is 0 Å². The van der Waals surface area contributed by atoms with Crippen LogP contribution < -0.4 is 5.56 Å². The van der Waals surface area contributed by atoms with Crippen LogP contribution in [-0.2, 0) is 13.6 Å². The Morgan fingerprint density at radius 3 is 3.18 bits per heavy atom. The van der Waals surface area contributed by atoms with Crippen LogP contribution in [0, 0.1) is 0 Å². The second-order valence-electron chi connectivity index (χ2n) is 5.82. The number of aromatic amines is 1. The molecule has 1 N–H and O–H groups in total. The lowest BCUT2D eigenvalue weighted by Gasteiger charge is -2.24. The summed E-state index contributed by atoms with van der Waals surface area (Å²) in [5.74, 6) is 0.761. The Morgan fingerprint density at radius 2 is 2.36 bits per heavy atom. The van der Waals surface area contributed by atoms with Gasteiger partial charge in [-0.2, -0.15) is 0 Å². The van der Waals surface area contributed by atoms with Gasteiger partial charge in [0, 0.05) is 18.9 Å². The van der Waals surface area contributed by atoms with Crippen LogP contribution in [0.25, 0.3) is 10.2 Å². The predicted octanol–water partition coefficient (Wildman–Crippen LogP) is 2.66. The molecular formula is C16H18N4OS. The molecule has 1 fully saturated rings. The number of nitrogens with zero attached hydrogens (tertiary/aromatic N) is 3. The minimum absolute atomic E-state index is 0.0235. The first kappa shape index (κ1) is 13.7. The number of hydrogen-bond donors (Lipinski definition) is 1. The Morgan fingerprint density at radius 1 is 1.45 bits per heavy atom. The average molecular weight is 314 g/mol. The van der Waals surface area contributed by atoms with Gasteiger partial charge in [-0.05, 0) is 43.0 Å². The maximum Gasteiger partial charge on any atom is 0.268 e. The van der Waals surface area contributed by atoms with Crippen molar-refractivity contribution in [2.45, 2.75) is 25.4 Å². The number of aromatic nitrogens is 3. The molecule has 6 heteroatoms. The van der Waals surface area contributed by atoms with Gasteiger partial charge in [0.25, 0.3) is 5.56 Å². The molecule has 0 radical (unpaired) electrons. The second-order valence-corrected chi connectivity index (χ2v) is 6.74. The molecule has 1 aliphatic rings. The highest BCUT2D eigenvalue weighted by Gasteiger charge is 2.28. The SMILES string of the molecule is Cn1cccc1[C@H]1CCCN1Cc1nc2ccsc2c(=O)[nH]1. The van der Waals surface area contributed by atoms with E-state index in [1.54, 1.807) is 0 Å². The standard InChI is InChI=1S/C16H18N4OS/c1-19-7-2-4-12(19)13-5-3-8-20(13)10-14-17-11-6-9-22-15(11)16(21)18-14/h2,4,6-7,9,13H,3,5,8,10H2,1H3,(H,17,18,21)/t13-/m1/s1. The van der Waals surface area contributed by atoms with Crippen molar-refractivity contribution >= 4 is 21.6 Å². The second kappa shape index (κ2) is 5.37. The zero-order valence-corrected chi connectivity index (χ0v) is 13.3. The molecule has 3 aromatic heterocycles. The molecule has 0 aromatic carbocycles. The molecule has 0 saturated carbocycles. The van der Waals surface area contributed by atoms with Crippen LogP contribution in [0.5, 0.6) is 0 Å². The van der Waals surface area contributed by atoms with Gasteiger partial charge in [-0.1, -0.05) is 0 Å². The van der Waals surface area contributed by atoms with Crippen molar-refractivity contribution in [1.29, 1.82) is 0 Å². The minimum atomic E-state index is -0.0235. The van der Waals surface area contributed by atoms with Gasteiger partial charge in [0.2, 0.25) is 0 Å². The lowest BCUT2D eigenvalue weighted by atomic mass is 10.1. The maximum absolute atomic E-state index is 12.1. The lowest BCUT2D eigenvalue weighted by Crippen LogP contribution is -2.26. The van der Waals surface area contributed by atoms with Crippen LogP contribution in [0.2, 0.25) is 0 Å². The molecule has 1 atom stereocenters. The van der Waals surface area contributed by atoms with E-state index in [0.29, 0.717) is 17.3 Å². The lowest BCUT2D eigenvalue weighted by molar-refractivity contribution is 0.235. The molecule has 22 heavy (non-hydrogen) atoms. The summed E-state index contributed by atoms with van der Waals surface area (Å²) in [5.41, 5.74) is 2.11. The van der Waals surface area contributed by atoms with E-state index in [4.69, 9.17) is 0 Å². The first-order chi connectivity index (χ1) is 10.7. The number of aryl methyl sites for hydroxylation is 1. The monoisotopic (exact) mass is 314 g/mol. The molecule has 0 bridgehead atoms. The molecule has 1 aliphatic heterocycles. The number of hydrogen-bond acceptors (Lipinski definition) is 4. The molecule has 4 rings (SSSR count). The smallest absolute Gasteiger partial charge is 0.268 e. The summed E-state index contributed by atoms with van der Waals surface area (Å²) in [6.07, 6.45) is 4.42. The molecule has 3 aromatic rings. The van der Waals surface area contributed by atoms with Gasteiger partial charge < -0.3 is 9.55 Å². The van der Waals surface area contributed by atoms with E-state index in [-0.39, 0.29) is 5.56 Å². The van der Waals surface area contributed by atoms with Crippen molar-refractivity contribution in [3.05, 3.63) is 51.6 Å². The zero-order chi connectivity index (χ0) is 15.1. The first-order valence-corrected chi connectivity index (χ1v) is 8.42.